The van der Waals surface area contributed by atoms with Crippen LogP contribution in [0.25, 0.3) is 0 Å². The first-order valence-electron chi connectivity index (χ1n) is 8.08. The van der Waals surface area contributed by atoms with Crippen LogP contribution in [-0.2, 0) is 34.1 Å². The molecule has 2 aromatic carbocycles. The van der Waals surface area contributed by atoms with E-state index in [-0.39, 0.29) is 18.7 Å². The van der Waals surface area contributed by atoms with Crippen LogP contribution in [0.2, 0.25) is 5.02 Å². The average molecular weight is 435 g/mol. The number of carbonyl (C=O) groups is 1. The Labute approximate surface area is 166 Å². The van der Waals surface area contributed by atoms with E-state index in [9.17, 15) is 26.4 Å². The molecule has 0 aliphatic rings. The molecule has 28 heavy (non-hydrogen) atoms. The number of halogens is 4. The summed E-state index contributed by atoms with van der Waals surface area (Å²) in [6.07, 6.45) is -3.52. The SMILES string of the molecule is CS(=O)(=O)N(CC(=O)NCc1cccc(C(F)(F)F)c1)Cc1ccccc1Cl. The molecule has 0 saturated heterocycles. The van der Waals surface area contributed by atoms with Crippen molar-refractivity contribution in [3.8, 4) is 0 Å². The highest BCUT2D eigenvalue weighted by Gasteiger charge is 2.30. The van der Waals surface area contributed by atoms with E-state index < -0.39 is 34.2 Å². The quantitative estimate of drug-likeness (QED) is 0.726. The number of rotatable bonds is 7. The Balaban J connectivity index is 2.04. The van der Waals surface area contributed by atoms with Crippen molar-refractivity contribution in [1.82, 2.24) is 9.62 Å². The van der Waals surface area contributed by atoms with E-state index in [1.807, 2.05) is 0 Å². The monoisotopic (exact) mass is 434 g/mol. The van der Waals surface area contributed by atoms with E-state index >= 15 is 0 Å². The Morgan fingerprint density at radius 1 is 1.14 bits per heavy atom. The zero-order chi connectivity index (χ0) is 20.9. The predicted octanol–water partition coefficient (Wildman–Crippen LogP) is 3.44. The number of hydrogen-bond acceptors (Lipinski definition) is 3. The lowest BCUT2D eigenvalue weighted by Gasteiger charge is -2.20. The van der Waals surface area contributed by atoms with Gasteiger partial charge in [-0.2, -0.15) is 17.5 Å². The van der Waals surface area contributed by atoms with Gasteiger partial charge in [-0.15, -0.1) is 0 Å². The molecule has 0 unspecified atom stereocenters. The Kier molecular flexibility index (Phi) is 7.08. The standard InChI is InChI=1S/C18H18ClF3N2O3S/c1-28(26,27)24(11-14-6-2-3-8-16(14)19)12-17(25)23-10-13-5-4-7-15(9-13)18(20,21)22/h2-9H,10-12H2,1H3,(H,23,25). The van der Waals surface area contributed by atoms with E-state index in [2.05, 4.69) is 5.32 Å². The molecule has 152 valence electrons. The van der Waals surface area contributed by atoms with Crippen LogP contribution in [0.5, 0.6) is 0 Å². The fourth-order valence-electron chi connectivity index (χ4n) is 2.38. The number of amides is 1. The summed E-state index contributed by atoms with van der Waals surface area (Å²) in [5, 5.41) is 2.80. The minimum atomic E-state index is -4.48. The summed E-state index contributed by atoms with van der Waals surface area (Å²) in [5.41, 5.74) is -0.0452. The van der Waals surface area contributed by atoms with Gasteiger partial charge in [0.2, 0.25) is 15.9 Å². The summed E-state index contributed by atoms with van der Waals surface area (Å²) in [6, 6.07) is 11.2. The molecule has 0 atom stereocenters. The number of nitrogens with zero attached hydrogens (tertiary/aromatic N) is 1. The first kappa shape index (κ1) is 22.2. The van der Waals surface area contributed by atoms with Crippen LogP contribution in [0.1, 0.15) is 16.7 Å². The highest BCUT2D eigenvalue weighted by atomic mass is 35.5. The van der Waals surface area contributed by atoms with Gasteiger partial charge in [0.25, 0.3) is 0 Å². The summed E-state index contributed by atoms with van der Waals surface area (Å²) in [6.45, 7) is -0.745. The second-order valence-electron chi connectivity index (χ2n) is 6.10. The van der Waals surface area contributed by atoms with Crippen molar-refractivity contribution < 1.29 is 26.4 Å². The van der Waals surface area contributed by atoms with E-state index in [4.69, 9.17) is 11.6 Å². The van der Waals surface area contributed by atoms with Gasteiger partial charge in [0, 0.05) is 18.1 Å². The molecular formula is C18H18ClF3N2O3S. The van der Waals surface area contributed by atoms with Gasteiger partial charge >= 0.3 is 6.18 Å². The molecule has 0 spiro atoms. The highest BCUT2D eigenvalue weighted by molar-refractivity contribution is 7.88. The van der Waals surface area contributed by atoms with Gasteiger partial charge in [0.15, 0.2) is 0 Å². The second-order valence-corrected chi connectivity index (χ2v) is 8.49. The lowest BCUT2D eigenvalue weighted by molar-refractivity contribution is -0.137. The van der Waals surface area contributed by atoms with Gasteiger partial charge in [-0.05, 0) is 29.3 Å². The minimum Gasteiger partial charge on any atom is -0.351 e. The smallest absolute Gasteiger partial charge is 0.351 e. The van der Waals surface area contributed by atoms with Crippen molar-refractivity contribution in [3.63, 3.8) is 0 Å². The van der Waals surface area contributed by atoms with Crippen molar-refractivity contribution in [2.75, 3.05) is 12.8 Å². The first-order chi connectivity index (χ1) is 13.0. The molecule has 0 aliphatic carbocycles. The second kappa shape index (κ2) is 8.93. The van der Waals surface area contributed by atoms with Crippen LogP contribution in [-0.4, -0.2) is 31.4 Å². The topological polar surface area (TPSA) is 66.5 Å². The molecule has 0 saturated carbocycles. The van der Waals surface area contributed by atoms with Gasteiger partial charge in [-0.1, -0.05) is 41.9 Å². The number of carbonyl (C=O) groups excluding carboxylic acids is 1. The van der Waals surface area contributed by atoms with Crippen molar-refractivity contribution in [2.45, 2.75) is 19.3 Å². The third-order valence-corrected chi connectivity index (χ3v) is 5.40. The summed E-state index contributed by atoms with van der Waals surface area (Å²) in [4.78, 5) is 12.2. The van der Waals surface area contributed by atoms with Crippen molar-refractivity contribution in [2.24, 2.45) is 0 Å². The van der Waals surface area contributed by atoms with Crippen LogP contribution >= 0.6 is 11.6 Å². The van der Waals surface area contributed by atoms with Crippen LogP contribution in [0.15, 0.2) is 48.5 Å². The highest BCUT2D eigenvalue weighted by Crippen LogP contribution is 2.29. The lowest BCUT2D eigenvalue weighted by atomic mass is 10.1. The van der Waals surface area contributed by atoms with Crippen LogP contribution in [0.3, 0.4) is 0 Å². The van der Waals surface area contributed by atoms with E-state index in [0.29, 0.717) is 10.6 Å². The third-order valence-electron chi connectivity index (χ3n) is 3.84. The Morgan fingerprint density at radius 3 is 2.43 bits per heavy atom. The number of alkyl halides is 3. The zero-order valence-electron chi connectivity index (χ0n) is 14.8. The Morgan fingerprint density at radius 2 is 1.82 bits per heavy atom. The molecule has 0 fully saturated rings. The Hall–Kier alpha value is -2.10. The fraction of sp³-hybridized carbons (Fsp3) is 0.278. The maximum Gasteiger partial charge on any atom is 0.416 e. The molecule has 2 rings (SSSR count). The van der Waals surface area contributed by atoms with Crippen molar-refractivity contribution >= 4 is 27.5 Å². The van der Waals surface area contributed by atoms with Crippen LogP contribution in [0.4, 0.5) is 13.2 Å². The van der Waals surface area contributed by atoms with E-state index in [1.165, 1.54) is 12.1 Å². The van der Waals surface area contributed by atoms with Gasteiger partial charge in [0.05, 0.1) is 18.4 Å². The number of sulfonamides is 1. The average Bonchev–Trinajstić information content (AvgIpc) is 2.60. The molecule has 10 heteroatoms. The molecule has 0 aromatic heterocycles. The fourth-order valence-corrected chi connectivity index (χ4v) is 3.30. The van der Waals surface area contributed by atoms with Gasteiger partial charge in [-0.3, -0.25) is 4.79 Å². The molecule has 5 nitrogen and oxygen atoms in total. The molecule has 0 radical (unpaired) electrons. The minimum absolute atomic E-state index is 0.102. The van der Waals surface area contributed by atoms with E-state index in [0.717, 1.165) is 22.7 Å². The molecule has 0 bridgehead atoms. The van der Waals surface area contributed by atoms with E-state index in [1.54, 1.807) is 24.3 Å². The Bertz CT molecular complexity index is 949. The van der Waals surface area contributed by atoms with Crippen molar-refractivity contribution in [3.05, 3.63) is 70.2 Å². The number of hydrogen-bond donors (Lipinski definition) is 1. The first-order valence-corrected chi connectivity index (χ1v) is 10.3. The third kappa shape index (κ3) is 6.50. The lowest BCUT2D eigenvalue weighted by Crippen LogP contribution is -2.39. The molecule has 1 amide bonds. The summed E-state index contributed by atoms with van der Waals surface area (Å²) in [7, 11) is -3.72. The molecule has 0 aliphatic heterocycles. The largest absolute Gasteiger partial charge is 0.416 e. The molecule has 0 heterocycles. The molecular weight excluding hydrogens is 417 g/mol. The van der Waals surface area contributed by atoms with Crippen LogP contribution < -0.4 is 5.32 Å². The van der Waals surface area contributed by atoms with Crippen molar-refractivity contribution in [1.29, 1.82) is 0 Å². The van der Waals surface area contributed by atoms with Gasteiger partial charge in [-0.25, -0.2) is 8.42 Å². The molecule has 1 N–H and O–H groups in total. The summed E-state index contributed by atoms with van der Waals surface area (Å²) >= 11 is 6.03. The van der Waals surface area contributed by atoms with Crippen LogP contribution in [0, 0.1) is 0 Å². The maximum atomic E-state index is 12.7. The number of benzene rings is 2. The number of nitrogens with one attached hydrogen (secondary N) is 1. The maximum absolute atomic E-state index is 12.7. The van der Waals surface area contributed by atoms with Gasteiger partial charge in [0.1, 0.15) is 0 Å². The van der Waals surface area contributed by atoms with Gasteiger partial charge < -0.3 is 5.32 Å². The zero-order valence-corrected chi connectivity index (χ0v) is 16.4. The summed E-state index contributed by atoms with van der Waals surface area (Å²) in [5.74, 6) is -0.644. The summed E-state index contributed by atoms with van der Waals surface area (Å²) < 4.78 is 63.1. The predicted molar refractivity (Wildman–Crippen MR) is 100.0 cm³/mol. The molecule has 2 aromatic rings. The normalized spacial score (nSPS) is 12.2.